The summed E-state index contributed by atoms with van der Waals surface area (Å²) in [5, 5.41) is 7.69. The van der Waals surface area contributed by atoms with Crippen LogP contribution in [0.1, 0.15) is 61.8 Å². The van der Waals surface area contributed by atoms with E-state index < -0.39 is 8.32 Å². The highest BCUT2D eigenvalue weighted by Crippen LogP contribution is 2.38. The third-order valence-electron chi connectivity index (χ3n) is 5.97. The van der Waals surface area contributed by atoms with Gasteiger partial charge in [0.15, 0.2) is 8.32 Å². The molecule has 0 heterocycles. The first-order valence-electron chi connectivity index (χ1n) is 10.6. The predicted molar refractivity (Wildman–Crippen MR) is 123 cm³/mol. The zero-order valence-electron chi connectivity index (χ0n) is 19.9. The van der Waals surface area contributed by atoms with Gasteiger partial charge in [0.05, 0.1) is 19.1 Å². The fraction of sp³-hybridized carbons (Fsp3) is 0.905. The van der Waals surface area contributed by atoms with Gasteiger partial charge in [0.1, 0.15) is 6.71 Å². The molecule has 0 radical (unpaired) electrons. The highest BCUT2D eigenvalue weighted by Gasteiger charge is 2.40. The van der Waals surface area contributed by atoms with Crippen molar-refractivity contribution in [1.82, 2.24) is 0 Å². The Morgan fingerprint density at radius 1 is 1.11 bits per heavy atom. The second kappa shape index (κ2) is 13.5. The molecule has 0 aliphatic carbocycles. The summed E-state index contributed by atoms with van der Waals surface area (Å²) in [5.74, 6) is -0.269. The van der Waals surface area contributed by atoms with Gasteiger partial charge in [0.25, 0.3) is 0 Å². The van der Waals surface area contributed by atoms with E-state index in [1.165, 1.54) is 32.3 Å². The molecule has 0 aliphatic rings. The summed E-state index contributed by atoms with van der Waals surface area (Å²) < 4.78 is 11.1. The van der Waals surface area contributed by atoms with Crippen LogP contribution in [0, 0.1) is 17.2 Å². The molecule has 0 saturated carbocycles. The topological polar surface area (TPSA) is 59.4 Å². The van der Waals surface area contributed by atoms with Crippen LogP contribution >= 0.6 is 0 Å². The molecule has 0 aromatic carbocycles. The van der Waals surface area contributed by atoms with E-state index in [0.717, 1.165) is 6.71 Å². The molecule has 0 bridgehead atoms. The highest BCUT2D eigenvalue weighted by molar-refractivity contribution is 6.74. The Labute approximate surface area is 170 Å². The first kappa shape index (κ1) is 28.6. The van der Waals surface area contributed by atoms with E-state index >= 15 is 0 Å². The third kappa shape index (κ3) is 11.1. The van der Waals surface area contributed by atoms with E-state index in [4.69, 9.17) is 14.6 Å². The van der Waals surface area contributed by atoms with Crippen LogP contribution in [-0.2, 0) is 14.0 Å². The van der Waals surface area contributed by atoms with E-state index in [1.54, 1.807) is 0 Å². The summed E-state index contributed by atoms with van der Waals surface area (Å²) >= 11 is 0. The molecule has 0 aromatic heterocycles. The Kier molecular flexibility index (Phi) is 14.3. The standard InChI is InChI=1S/C15H31NO3Si.C6H15B/c1-11(2)13(14(17)18-6)9-12(10-16)19-20(7,8)15(3,4)5;1-4-7(5-2)6-3/h10-13,16H,9H2,1-8H3;4-6H2,1-3H3/t12?,13-;/m0./s1. The molecule has 1 unspecified atom stereocenters. The number of ether oxygens (including phenoxy) is 1. The molecule has 0 rings (SSSR count). The third-order valence-corrected chi connectivity index (χ3v) is 10.5. The maximum atomic E-state index is 11.8. The molecule has 1 N–H and O–H groups in total. The van der Waals surface area contributed by atoms with Crippen molar-refractivity contribution in [2.75, 3.05) is 7.11 Å². The predicted octanol–water partition coefficient (Wildman–Crippen LogP) is 6.40. The minimum Gasteiger partial charge on any atom is -0.469 e. The number of esters is 1. The van der Waals surface area contributed by atoms with Crippen LogP contribution in [0.15, 0.2) is 0 Å². The molecular formula is C21H46BNO3Si. The van der Waals surface area contributed by atoms with Gasteiger partial charge < -0.3 is 14.6 Å². The summed E-state index contributed by atoms with van der Waals surface area (Å²) in [4.78, 5) is 11.8. The summed E-state index contributed by atoms with van der Waals surface area (Å²) in [5.41, 5.74) is 0. The highest BCUT2D eigenvalue weighted by atomic mass is 28.4. The van der Waals surface area contributed by atoms with Crippen LogP contribution in [0.4, 0.5) is 0 Å². The van der Waals surface area contributed by atoms with Crippen LogP contribution in [0.3, 0.4) is 0 Å². The van der Waals surface area contributed by atoms with Crippen molar-refractivity contribution >= 4 is 27.2 Å². The Balaban J connectivity index is 0. The lowest BCUT2D eigenvalue weighted by Gasteiger charge is -2.39. The van der Waals surface area contributed by atoms with Gasteiger partial charge in [-0.3, -0.25) is 4.79 Å². The average molecular weight is 400 g/mol. The molecule has 0 aromatic rings. The second-order valence-corrected chi connectivity index (χ2v) is 14.0. The molecule has 0 fully saturated rings. The van der Waals surface area contributed by atoms with Gasteiger partial charge in [0, 0.05) is 6.21 Å². The van der Waals surface area contributed by atoms with Crippen molar-refractivity contribution in [2.45, 2.75) is 105 Å². The fourth-order valence-corrected chi connectivity index (χ4v) is 3.89. The van der Waals surface area contributed by atoms with E-state index in [-0.39, 0.29) is 28.9 Å². The lowest BCUT2D eigenvalue weighted by Crippen LogP contribution is -2.45. The van der Waals surface area contributed by atoms with Crippen molar-refractivity contribution in [3.05, 3.63) is 0 Å². The number of rotatable bonds is 10. The number of hydrogen-bond acceptors (Lipinski definition) is 4. The zero-order chi connectivity index (χ0) is 21.8. The van der Waals surface area contributed by atoms with Crippen LogP contribution in [0.5, 0.6) is 0 Å². The van der Waals surface area contributed by atoms with Gasteiger partial charge >= 0.3 is 5.97 Å². The van der Waals surface area contributed by atoms with Crippen LogP contribution < -0.4 is 0 Å². The second-order valence-electron chi connectivity index (χ2n) is 9.28. The molecule has 0 amide bonds. The first-order valence-corrected chi connectivity index (χ1v) is 13.5. The number of hydrogen-bond donors (Lipinski definition) is 1. The molecule has 0 aliphatic heterocycles. The SMILES string of the molecule is CCB(CC)CC.COC(=O)[C@@H](CC(C=N)O[Si](C)(C)C(C)(C)C)C(C)C. The number of methoxy groups -OCH3 is 1. The summed E-state index contributed by atoms with van der Waals surface area (Å²) in [7, 11) is -0.530. The van der Waals surface area contributed by atoms with E-state index in [1.807, 2.05) is 13.8 Å². The van der Waals surface area contributed by atoms with Gasteiger partial charge in [-0.25, -0.2) is 0 Å². The number of nitrogens with one attached hydrogen (secondary N) is 1. The number of carbonyl (C=O) groups is 1. The summed E-state index contributed by atoms with van der Waals surface area (Å²) in [6, 6.07) is 0. The van der Waals surface area contributed by atoms with Gasteiger partial charge in [-0.15, -0.1) is 0 Å². The summed E-state index contributed by atoms with van der Waals surface area (Å²) in [6.07, 6.45) is 5.58. The molecule has 2 atom stereocenters. The largest absolute Gasteiger partial charge is 0.469 e. The van der Waals surface area contributed by atoms with Gasteiger partial charge in [-0.2, -0.15) is 0 Å². The lowest BCUT2D eigenvalue weighted by molar-refractivity contribution is -0.147. The first-order chi connectivity index (χ1) is 12.3. The van der Waals surface area contributed by atoms with E-state index in [0.29, 0.717) is 6.42 Å². The van der Waals surface area contributed by atoms with Gasteiger partial charge in [-0.05, 0) is 30.5 Å². The molecular weight excluding hydrogens is 353 g/mol. The quantitative estimate of drug-likeness (QED) is 0.263. The zero-order valence-corrected chi connectivity index (χ0v) is 20.9. The van der Waals surface area contributed by atoms with Gasteiger partial charge in [-0.1, -0.05) is 74.4 Å². The Morgan fingerprint density at radius 2 is 1.56 bits per heavy atom. The van der Waals surface area contributed by atoms with Crippen LogP contribution in [-0.4, -0.2) is 40.4 Å². The normalized spacial score (nSPS) is 14.1. The Morgan fingerprint density at radius 3 is 1.78 bits per heavy atom. The summed E-state index contributed by atoms with van der Waals surface area (Å²) in [6.45, 7) is 22.6. The van der Waals surface area contributed by atoms with E-state index in [9.17, 15) is 4.79 Å². The smallest absolute Gasteiger partial charge is 0.309 e. The lowest BCUT2D eigenvalue weighted by atomic mass is 9.44. The molecule has 0 spiro atoms. The minimum absolute atomic E-state index is 0.0901. The maximum Gasteiger partial charge on any atom is 0.309 e. The molecule has 160 valence electrons. The Hall–Kier alpha value is -0.618. The fourth-order valence-electron chi connectivity index (χ4n) is 2.61. The van der Waals surface area contributed by atoms with Gasteiger partial charge in [0.2, 0.25) is 0 Å². The van der Waals surface area contributed by atoms with Crippen molar-refractivity contribution in [3.8, 4) is 0 Å². The molecule has 6 heteroatoms. The van der Waals surface area contributed by atoms with Crippen molar-refractivity contribution in [3.63, 3.8) is 0 Å². The van der Waals surface area contributed by atoms with E-state index in [2.05, 4.69) is 54.6 Å². The van der Waals surface area contributed by atoms with Crippen molar-refractivity contribution in [1.29, 1.82) is 5.41 Å². The van der Waals surface area contributed by atoms with Crippen LogP contribution in [0.25, 0.3) is 0 Å². The average Bonchev–Trinajstić information content (AvgIpc) is 2.58. The Bertz CT molecular complexity index is 413. The maximum absolute atomic E-state index is 11.8. The molecule has 0 saturated heterocycles. The number of carbonyl (C=O) groups excluding carboxylic acids is 1. The molecule has 27 heavy (non-hydrogen) atoms. The minimum atomic E-state index is -1.94. The monoisotopic (exact) mass is 399 g/mol. The molecule has 4 nitrogen and oxygen atoms in total. The van der Waals surface area contributed by atoms with Crippen LogP contribution in [0.2, 0.25) is 37.1 Å². The van der Waals surface area contributed by atoms with Crippen molar-refractivity contribution in [2.24, 2.45) is 11.8 Å². The van der Waals surface area contributed by atoms with Crippen molar-refractivity contribution < 1.29 is 14.0 Å².